The number of hydrogen-bond acceptors (Lipinski definition) is 6. The molecule has 1 atom stereocenters. The van der Waals surface area contributed by atoms with Crippen LogP contribution in [0.5, 0.6) is 5.88 Å². The molecule has 3 aromatic rings. The summed E-state index contributed by atoms with van der Waals surface area (Å²) in [5.74, 6) is -0.354. The highest BCUT2D eigenvalue weighted by Crippen LogP contribution is 2.34. The van der Waals surface area contributed by atoms with Gasteiger partial charge in [-0.2, -0.15) is 10.2 Å². The average molecular weight is 497 g/mol. The Hall–Kier alpha value is -3.27. The predicted molar refractivity (Wildman–Crippen MR) is 132 cm³/mol. The summed E-state index contributed by atoms with van der Waals surface area (Å²) in [7, 11) is 1.39. The SMILES string of the molecule is COc1ncc(-n2nc(-c3cnn(CC4(C)CCC(=O)N(C(C)C)C4)c3)c3c2CCOCC3)cc1F. The average Bonchev–Trinajstić information content (AvgIpc) is 3.36. The fourth-order valence-electron chi connectivity index (χ4n) is 5.27. The first-order valence-corrected chi connectivity index (χ1v) is 12.5. The van der Waals surface area contributed by atoms with Gasteiger partial charge in [-0.25, -0.2) is 14.1 Å². The second-order valence-corrected chi connectivity index (χ2v) is 10.3. The molecule has 192 valence electrons. The van der Waals surface area contributed by atoms with Crippen LogP contribution >= 0.6 is 0 Å². The van der Waals surface area contributed by atoms with Crippen LogP contribution in [-0.2, 0) is 28.9 Å². The summed E-state index contributed by atoms with van der Waals surface area (Å²) in [4.78, 5) is 18.4. The molecule has 1 fully saturated rings. The van der Waals surface area contributed by atoms with E-state index in [1.165, 1.54) is 13.2 Å². The van der Waals surface area contributed by atoms with Crippen LogP contribution in [0.25, 0.3) is 16.9 Å². The molecule has 0 aromatic carbocycles. The van der Waals surface area contributed by atoms with Gasteiger partial charge >= 0.3 is 0 Å². The highest BCUT2D eigenvalue weighted by Gasteiger charge is 2.36. The number of aromatic nitrogens is 5. The van der Waals surface area contributed by atoms with Gasteiger partial charge in [0.05, 0.1) is 49.8 Å². The topological polar surface area (TPSA) is 87.3 Å². The number of halogens is 1. The molecule has 9 nitrogen and oxygen atoms in total. The minimum absolute atomic E-state index is 0.0456. The molecule has 1 saturated heterocycles. The van der Waals surface area contributed by atoms with Crippen molar-refractivity contribution in [1.82, 2.24) is 29.4 Å². The van der Waals surface area contributed by atoms with Gasteiger partial charge < -0.3 is 14.4 Å². The second-order valence-electron chi connectivity index (χ2n) is 10.3. The number of fused-ring (bicyclic) bond motifs is 1. The van der Waals surface area contributed by atoms with E-state index in [4.69, 9.17) is 14.6 Å². The number of methoxy groups -OCH3 is 1. The lowest BCUT2D eigenvalue weighted by molar-refractivity contribution is -0.139. The number of hydrogen-bond donors (Lipinski definition) is 0. The van der Waals surface area contributed by atoms with Crippen molar-refractivity contribution in [2.45, 2.75) is 59.0 Å². The Labute approximate surface area is 210 Å². The van der Waals surface area contributed by atoms with E-state index in [1.54, 1.807) is 10.9 Å². The summed E-state index contributed by atoms with van der Waals surface area (Å²) < 4.78 is 28.9. The highest BCUT2D eigenvalue weighted by molar-refractivity contribution is 5.77. The van der Waals surface area contributed by atoms with Crippen molar-refractivity contribution in [2.75, 3.05) is 26.9 Å². The second kappa shape index (κ2) is 9.65. The summed E-state index contributed by atoms with van der Waals surface area (Å²) >= 11 is 0. The number of rotatable bonds is 6. The van der Waals surface area contributed by atoms with Crippen molar-refractivity contribution in [3.8, 4) is 22.8 Å². The van der Waals surface area contributed by atoms with Crippen molar-refractivity contribution in [3.63, 3.8) is 0 Å². The number of nitrogens with zero attached hydrogens (tertiary/aromatic N) is 6. The molecule has 5 rings (SSSR count). The van der Waals surface area contributed by atoms with Gasteiger partial charge in [-0.1, -0.05) is 6.92 Å². The van der Waals surface area contributed by atoms with E-state index in [0.717, 1.165) is 35.5 Å². The van der Waals surface area contributed by atoms with Gasteiger partial charge in [-0.3, -0.25) is 9.48 Å². The van der Waals surface area contributed by atoms with E-state index < -0.39 is 5.82 Å². The van der Waals surface area contributed by atoms with Crippen molar-refractivity contribution >= 4 is 5.91 Å². The first kappa shape index (κ1) is 24.4. The van der Waals surface area contributed by atoms with Crippen LogP contribution < -0.4 is 4.74 Å². The van der Waals surface area contributed by atoms with Crippen LogP contribution in [0.3, 0.4) is 0 Å². The number of carbonyl (C=O) groups excluding carboxylic acids is 1. The normalized spacial score (nSPS) is 20.5. The molecule has 10 heteroatoms. The van der Waals surface area contributed by atoms with Gasteiger partial charge in [0, 0.05) is 60.8 Å². The van der Waals surface area contributed by atoms with E-state index in [9.17, 15) is 9.18 Å². The van der Waals surface area contributed by atoms with Gasteiger partial charge in [0.15, 0.2) is 5.82 Å². The Morgan fingerprint density at radius 3 is 2.78 bits per heavy atom. The molecule has 36 heavy (non-hydrogen) atoms. The molecule has 5 heterocycles. The lowest BCUT2D eigenvalue weighted by Gasteiger charge is -2.42. The summed E-state index contributed by atoms with van der Waals surface area (Å²) in [6, 6.07) is 1.58. The number of amides is 1. The number of piperidine rings is 1. The van der Waals surface area contributed by atoms with Crippen LogP contribution in [0, 0.1) is 11.2 Å². The molecule has 1 amide bonds. The van der Waals surface area contributed by atoms with Crippen LogP contribution in [0.15, 0.2) is 24.7 Å². The van der Waals surface area contributed by atoms with Gasteiger partial charge in [0.25, 0.3) is 0 Å². The van der Waals surface area contributed by atoms with Gasteiger partial charge in [-0.05, 0) is 26.7 Å². The summed E-state index contributed by atoms with van der Waals surface area (Å²) in [6.45, 7) is 8.95. The number of ether oxygens (including phenoxy) is 2. The zero-order valence-corrected chi connectivity index (χ0v) is 21.3. The fourth-order valence-corrected chi connectivity index (χ4v) is 5.27. The highest BCUT2D eigenvalue weighted by atomic mass is 19.1. The standard InChI is InChI=1S/C26H33FN6O3/c1-17(2)32-16-26(3,8-5-23(32)34)15-31-14-18(12-29-31)24-20-6-9-36-10-7-22(20)33(30-24)19-11-21(27)25(35-4)28-13-19/h11-14,17H,5-10,15-16H2,1-4H3. The van der Waals surface area contributed by atoms with E-state index >= 15 is 0 Å². The maximum atomic E-state index is 14.5. The molecule has 0 saturated carbocycles. The molecule has 0 aliphatic carbocycles. The van der Waals surface area contributed by atoms with E-state index in [2.05, 4.69) is 30.9 Å². The van der Waals surface area contributed by atoms with Gasteiger partial charge in [0.2, 0.25) is 11.8 Å². The number of carbonyl (C=O) groups is 1. The molecule has 0 N–H and O–H groups in total. The molecule has 0 bridgehead atoms. The molecule has 2 aliphatic rings. The quantitative estimate of drug-likeness (QED) is 0.520. The Balaban J connectivity index is 1.46. The number of likely N-dealkylation sites (tertiary alicyclic amines) is 1. The summed E-state index contributed by atoms with van der Waals surface area (Å²) in [5, 5.41) is 9.56. The third-order valence-electron chi connectivity index (χ3n) is 7.19. The minimum atomic E-state index is -0.534. The molecule has 3 aromatic heterocycles. The largest absolute Gasteiger partial charge is 0.479 e. The third-order valence-corrected chi connectivity index (χ3v) is 7.19. The Morgan fingerprint density at radius 1 is 1.22 bits per heavy atom. The lowest BCUT2D eigenvalue weighted by Crippen LogP contribution is -2.49. The molecular formula is C26H33FN6O3. The van der Waals surface area contributed by atoms with Crippen molar-refractivity contribution in [2.24, 2.45) is 5.41 Å². The van der Waals surface area contributed by atoms with E-state index in [-0.39, 0.29) is 23.2 Å². The Morgan fingerprint density at radius 2 is 2.03 bits per heavy atom. The van der Waals surface area contributed by atoms with Crippen LogP contribution in [0.1, 0.15) is 44.9 Å². The van der Waals surface area contributed by atoms with Crippen LogP contribution in [0.2, 0.25) is 0 Å². The zero-order chi connectivity index (χ0) is 25.4. The molecule has 0 radical (unpaired) electrons. The summed E-state index contributed by atoms with van der Waals surface area (Å²) in [6.07, 6.45) is 8.21. The summed E-state index contributed by atoms with van der Waals surface area (Å²) in [5.41, 5.74) is 4.29. The Bertz CT molecular complexity index is 1270. The van der Waals surface area contributed by atoms with Crippen LogP contribution in [0.4, 0.5) is 4.39 Å². The third kappa shape index (κ3) is 4.61. The van der Waals surface area contributed by atoms with Crippen molar-refractivity contribution in [3.05, 3.63) is 41.7 Å². The Kier molecular flexibility index (Phi) is 6.55. The lowest BCUT2D eigenvalue weighted by atomic mass is 9.81. The van der Waals surface area contributed by atoms with Gasteiger partial charge in [0.1, 0.15) is 0 Å². The van der Waals surface area contributed by atoms with E-state index in [1.807, 2.05) is 22.0 Å². The van der Waals surface area contributed by atoms with Crippen LogP contribution in [-0.4, -0.2) is 68.3 Å². The van der Waals surface area contributed by atoms with Crippen molar-refractivity contribution in [1.29, 1.82) is 0 Å². The predicted octanol–water partition coefficient (Wildman–Crippen LogP) is 3.43. The first-order chi connectivity index (χ1) is 17.3. The number of pyridine rings is 1. The molecular weight excluding hydrogens is 463 g/mol. The fraction of sp³-hybridized carbons (Fsp3) is 0.538. The molecule has 0 spiro atoms. The molecule has 1 unspecified atom stereocenters. The van der Waals surface area contributed by atoms with Crippen molar-refractivity contribution < 1.29 is 18.7 Å². The smallest absolute Gasteiger partial charge is 0.250 e. The minimum Gasteiger partial charge on any atom is -0.479 e. The maximum absolute atomic E-state index is 14.5. The van der Waals surface area contributed by atoms with E-state index in [0.29, 0.717) is 44.7 Å². The van der Waals surface area contributed by atoms with Gasteiger partial charge in [-0.15, -0.1) is 0 Å². The monoisotopic (exact) mass is 496 g/mol. The zero-order valence-electron chi connectivity index (χ0n) is 21.3. The molecule has 2 aliphatic heterocycles. The first-order valence-electron chi connectivity index (χ1n) is 12.5. The maximum Gasteiger partial charge on any atom is 0.250 e.